The summed E-state index contributed by atoms with van der Waals surface area (Å²) in [5.41, 5.74) is 1.40. The molecular formula is C19H22N2O4. The van der Waals surface area contributed by atoms with Gasteiger partial charge < -0.3 is 19.3 Å². The van der Waals surface area contributed by atoms with Crippen molar-refractivity contribution in [2.75, 3.05) is 26.4 Å². The lowest BCUT2D eigenvalue weighted by atomic mass is 10.1. The van der Waals surface area contributed by atoms with Crippen LogP contribution in [0.15, 0.2) is 47.0 Å². The first-order chi connectivity index (χ1) is 12.3. The molecule has 132 valence electrons. The second kappa shape index (κ2) is 9.15. The zero-order valence-corrected chi connectivity index (χ0v) is 14.0. The fraction of sp³-hybridized carbons (Fsp3) is 0.368. The smallest absolute Gasteiger partial charge is 0.273 e. The highest BCUT2D eigenvalue weighted by molar-refractivity contribution is 5.92. The number of aromatic nitrogens is 1. The molecule has 1 aliphatic rings. The number of hydrogen-bond donors (Lipinski definition) is 1. The topological polar surface area (TPSA) is 73.6 Å². The Morgan fingerprint density at radius 2 is 2.24 bits per heavy atom. The summed E-state index contributed by atoms with van der Waals surface area (Å²) in [6, 6.07) is 11.6. The van der Waals surface area contributed by atoms with Gasteiger partial charge in [0.15, 0.2) is 11.5 Å². The van der Waals surface area contributed by atoms with Gasteiger partial charge in [-0.1, -0.05) is 47.6 Å². The molecule has 25 heavy (non-hydrogen) atoms. The van der Waals surface area contributed by atoms with Crippen molar-refractivity contribution in [3.8, 4) is 0 Å². The third kappa shape index (κ3) is 5.55. The fourth-order valence-corrected chi connectivity index (χ4v) is 2.54. The van der Waals surface area contributed by atoms with Gasteiger partial charge in [-0.3, -0.25) is 4.79 Å². The summed E-state index contributed by atoms with van der Waals surface area (Å²) in [5, 5.41) is 6.65. The Morgan fingerprint density at radius 1 is 1.36 bits per heavy atom. The van der Waals surface area contributed by atoms with Crippen LogP contribution in [-0.2, 0) is 16.1 Å². The quantitative estimate of drug-likeness (QED) is 0.747. The minimum Gasteiger partial charge on any atom is -0.381 e. The first-order valence-electron chi connectivity index (χ1n) is 8.42. The number of hydrogen-bond acceptors (Lipinski definition) is 5. The van der Waals surface area contributed by atoms with Gasteiger partial charge in [-0.2, -0.15) is 0 Å². The van der Waals surface area contributed by atoms with Crippen LogP contribution < -0.4 is 5.32 Å². The highest BCUT2D eigenvalue weighted by atomic mass is 16.5. The highest BCUT2D eigenvalue weighted by Crippen LogP contribution is 2.11. The van der Waals surface area contributed by atoms with E-state index in [1.807, 2.05) is 42.5 Å². The van der Waals surface area contributed by atoms with Gasteiger partial charge in [0, 0.05) is 25.1 Å². The van der Waals surface area contributed by atoms with Gasteiger partial charge >= 0.3 is 0 Å². The molecule has 2 aromatic rings. The van der Waals surface area contributed by atoms with Crippen LogP contribution in [0, 0.1) is 5.92 Å². The molecule has 0 bridgehead atoms. The second-order valence-electron chi connectivity index (χ2n) is 5.95. The van der Waals surface area contributed by atoms with E-state index in [0.717, 1.165) is 18.6 Å². The van der Waals surface area contributed by atoms with Gasteiger partial charge in [0.25, 0.3) is 5.91 Å². The van der Waals surface area contributed by atoms with E-state index in [2.05, 4.69) is 10.5 Å². The lowest BCUT2D eigenvalue weighted by Crippen LogP contribution is -2.29. The monoisotopic (exact) mass is 342 g/mol. The number of benzene rings is 1. The van der Waals surface area contributed by atoms with Crippen LogP contribution in [0.1, 0.15) is 28.2 Å². The van der Waals surface area contributed by atoms with Crippen molar-refractivity contribution in [2.24, 2.45) is 5.92 Å². The number of nitrogens with one attached hydrogen (secondary N) is 1. The van der Waals surface area contributed by atoms with Crippen molar-refractivity contribution in [3.63, 3.8) is 0 Å². The van der Waals surface area contributed by atoms with Crippen LogP contribution in [0.3, 0.4) is 0 Å². The summed E-state index contributed by atoms with van der Waals surface area (Å²) in [6.07, 6.45) is 4.91. The van der Waals surface area contributed by atoms with Gasteiger partial charge in [0.2, 0.25) is 0 Å². The maximum absolute atomic E-state index is 12.0. The summed E-state index contributed by atoms with van der Waals surface area (Å²) in [4.78, 5) is 12.0. The molecule has 6 heteroatoms. The Balaban J connectivity index is 1.37. The molecule has 6 nitrogen and oxygen atoms in total. The Labute approximate surface area is 146 Å². The standard InChI is InChI=1S/C19H22N2O4/c22-19(20-12-16-8-10-24-13-16)18-11-17(25-21-18)14-23-9-4-7-15-5-2-1-3-6-15/h1-7,11,16H,8-10,12-14H2,(H,20,22). The van der Waals surface area contributed by atoms with Gasteiger partial charge in [0.1, 0.15) is 6.61 Å². The van der Waals surface area contributed by atoms with Gasteiger partial charge in [-0.15, -0.1) is 0 Å². The summed E-state index contributed by atoms with van der Waals surface area (Å²) < 4.78 is 15.9. The lowest BCUT2D eigenvalue weighted by molar-refractivity contribution is 0.0934. The first kappa shape index (κ1) is 17.4. The molecule has 1 aliphatic heterocycles. The molecule has 0 radical (unpaired) electrons. The van der Waals surface area contributed by atoms with Gasteiger partial charge in [0.05, 0.1) is 13.2 Å². The van der Waals surface area contributed by atoms with E-state index in [4.69, 9.17) is 14.0 Å². The Morgan fingerprint density at radius 3 is 3.04 bits per heavy atom. The molecular weight excluding hydrogens is 320 g/mol. The predicted octanol–water partition coefficient (Wildman–Crippen LogP) is 2.67. The number of carbonyl (C=O) groups excluding carboxylic acids is 1. The normalized spacial score (nSPS) is 17.2. The Hall–Kier alpha value is -2.44. The maximum Gasteiger partial charge on any atom is 0.273 e. The van der Waals surface area contributed by atoms with E-state index in [9.17, 15) is 4.79 Å². The van der Waals surface area contributed by atoms with Crippen molar-refractivity contribution < 1.29 is 18.8 Å². The molecule has 3 rings (SSSR count). The summed E-state index contributed by atoms with van der Waals surface area (Å²) in [5.74, 6) is 0.684. The van der Waals surface area contributed by atoms with E-state index in [0.29, 0.717) is 31.4 Å². The number of rotatable bonds is 8. The van der Waals surface area contributed by atoms with Gasteiger partial charge in [-0.25, -0.2) is 0 Å². The molecule has 1 amide bonds. The highest BCUT2D eigenvalue weighted by Gasteiger charge is 2.18. The molecule has 1 fully saturated rings. The molecule has 0 saturated carbocycles. The third-order valence-electron chi connectivity index (χ3n) is 3.94. The van der Waals surface area contributed by atoms with E-state index < -0.39 is 0 Å². The third-order valence-corrected chi connectivity index (χ3v) is 3.94. The molecule has 0 spiro atoms. The van der Waals surface area contributed by atoms with Crippen LogP contribution in [0.2, 0.25) is 0 Å². The summed E-state index contributed by atoms with van der Waals surface area (Å²) >= 11 is 0. The van der Waals surface area contributed by atoms with E-state index in [1.54, 1.807) is 6.07 Å². The second-order valence-corrected chi connectivity index (χ2v) is 5.95. The summed E-state index contributed by atoms with van der Waals surface area (Å²) in [6.45, 7) is 2.80. The molecule has 1 unspecified atom stereocenters. The largest absolute Gasteiger partial charge is 0.381 e. The van der Waals surface area contributed by atoms with Crippen molar-refractivity contribution in [1.29, 1.82) is 0 Å². The predicted molar refractivity (Wildman–Crippen MR) is 92.9 cm³/mol. The Bertz CT molecular complexity index is 690. The van der Waals surface area contributed by atoms with Crippen LogP contribution >= 0.6 is 0 Å². The SMILES string of the molecule is O=C(NCC1CCOC1)c1cc(COCC=Cc2ccccc2)on1. The zero-order chi connectivity index (χ0) is 17.3. The van der Waals surface area contributed by atoms with Crippen LogP contribution in [0.5, 0.6) is 0 Å². The minimum absolute atomic E-state index is 0.231. The first-order valence-corrected chi connectivity index (χ1v) is 8.42. The zero-order valence-electron chi connectivity index (χ0n) is 14.0. The van der Waals surface area contributed by atoms with Crippen LogP contribution in [-0.4, -0.2) is 37.4 Å². The molecule has 1 atom stereocenters. The minimum atomic E-state index is -0.231. The summed E-state index contributed by atoms with van der Waals surface area (Å²) in [7, 11) is 0. The van der Waals surface area contributed by atoms with Crippen molar-refractivity contribution in [2.45, 2.75) is 13.0 Å². The van der Waals surface area contributed by atoms with Crippen molar-refractivity contribution in [3.05, 3.63) is 59.5 Å². The van der Waals surface area contributed by atoms with E-state index in [-0.39, 0.29) is 18.2 Å². The molecule has 1 N–H and O–H groups in total. The average molecular weight is 342 g/mol. The van der Waals surface area contributed by atoms with Crippen LogP contribution in [0.4, 0.5) is 0 Å². The van der Waals surface area contributed by atoms with Gasteiger partial charge in [-0.05, 0) is 12.0 Å². The molecule has 2 heterocycles. The number of nitrogens with zero attached hydrogens (tertiary/aromatic N) is 1. The number of carbonyl (C=O) groups is 1. The van der Waals surface area contributed by atoms with Crippen molar-refractivity contribution >= 4 is 12.0 Å². The molecule has 0 aliphatic carbocycles. The number of amides is 1. The van der Waals surface area contributed by atoms with Crippen LogP contribution in [0.25, 0.3) is 6.08 Å². The van der Waals surface area contributed by atoms with E-state index in [1.165, 1.54) is 0 Å². The average Bonchev–Trinajstić information content (AvgIpc) is 3.32. The lowest BCUT2D eigenvalue weighted by Gasteiger charge is -2.07. The molecule has 1 aromatic carbocycles. The molecule has 1 aromatic heterocycles. The molecule has 1 saturated heterocycles. The Kier molecular flexibility index (Phi) is 6.36. The fourth-order valence-electron chi connectivity index (χ4n) is 2.54. The number of ether oxygens (including phenoxy) is 2. The van der Waals surface area contributed by atoms with E-state index >= 15 is 0 Å². The maximum atomic E-state index is 12.0. The van der Waals surface area contributed by atoms with Crippen molar-refractivity contribution in [1.82, 2.24) is 10.5 Å².